The summed E-state index contributed by atoms with van der Waals surface area (Å²) in [6, 6.07) is 1.86. The van der Waals surface area contributed by atoms with Gasteiger partial charge < -0.3 is 25.3 Å². The Morgan fingerprint density at radius 1 is 1.27 bits per heavy atom. The number of aryl methyl sites for hydroxylation is 1. The number of piperidine rings is 1. The largest absolute Gasteiger partial charge is 0.385 e. The van der Waals surface area contributed by atoms with Crippen molar-refractivity contribution in [3.63, 3.8) is 0 Å². The van der Waals surface area contributed by atoms with E-state index in [0.717, 1.165) is 18.6 Å². The molecule has 2 heterocycles. The molecule has 1 aromatic heterocycles. The normalized spacial score (nSPS) is 18.7. The monoisotopic (exact) mass is 465 g/mol. The number of halogens is 2. The van der Waals surface area contributed by atoms with Crippen molar-refractivity contribution in [2.75, 3.05) is 33.4 Å². The summed E-state index contributed by atoms with van der Waals surface area (Å²) in [5.74, 6) is -2.80. The van der Waals surface area contributed by atoms with E-state index in [1.807, 2.05) is 13.8 Å². The molecule has 1 aliphatic rings. The topological polar surface area (TPSA) is 102 Å². The van der Waals surface area contributed by atoms with Crippen LogP contribution in [0.5, 0.6) is 0 Å². The van der Waals surface area contributed by atoms with Crippen LogP contribution >= 0.6 is 0 Å². The number of carbonyl (C=O) groups excluding carboxylic acids is 2. The first-order valence-corrected chi connectivity index (χ1v) is 11.4. The molecule has 3 rings (SSSR count). The van der Waals surface area contributed by atoms with Crippen LogP contribution in [0, 0.1) is 23.5 Å². The number of benzene rings is 1. The molecule has 3 N–H and O–H groups in total. The van der Waals surface area contributed by atoms with Crippen molar-refractivity contribution in [3.8, 4) is 0 Å². The summed E-state index contributed by atoms with van der Waals surface area (Å²) in [5.41, 5.74) is 6.12. The van der Waals surface area contributed by atoms with E-state index in [2.05, 4.69) is 10.3 Å². The number of primary amides is 1. The lowest BCUT2D eigenvalue weighted by molar-refractivity contribution is -0.122. The highest BCUT2D eigenvalue weighted by atomic mass is 19.2. The van der Waals surface area contributed by atoms with E-state index >= 15 is 0 Å². The Bertz CT molecular complexity index is 994. The number of ether oxygens (including phenoxy) is 1. The summed E-state index contributed by atoms with van der Waals surface area (Å²) in [6.07, 6.45) is 1.88. The fourth-order valence-electron chi connectivity index (χ4n) is 4.32. The average Bonchev–Trinajstić information content (AvgIpc) is 3.12. The van der Waals surface area contributed by atoms with Gasteiger partial charge in [-0.1, -0.05) is 13.8 Å². The number of rotatable bonds is 10. The summed E-state index contributed by atoms with van der Waals surface area (Å²) in [6.45, 7) is 6.42. The Hall–Kier alpha value is -2.59. The Labute approximate surface area is 192 Å². The third-order valence-corrected chi connectivity index (χ3v) is 5.95. The van der Waals surface area contributed by atoms with Crippen LogP contribution in [0.15, 0.2) is 12.1 Å². The van der Waals surface area contributed by atoms with Crippen molar-refractivity contribution >= 4 is 22.8 Å². The van der Waals surface area contributed by atoms with Crippen LogP contribution in [0.1, 0.15) is 43.7 Å². The number of hydrogen-bond acceptors (Lipinski definition) is 5. The lowest BCUT2D eigenvalue weighted by Crippen LogP contribution is -2.54. The van der Waals surface area contributed by atoms with Gasteiger partial charge in [-0.3, -0.25) is 9.59 Å². The molecule has 0 aliphatic carbocycles. The van der Waals surface area contributed by atoms with Gasteiger partial charge in [0.25, 0.3) is 5.91 Å². The van der Waals surface area contributed by atoms with Gasteiger partial charge in [0.15, 0.2) is 17.5 Å². The van der Waals surface area contributed by atoms with Crippen LogP contribution in [0.25, 0.3) is 11.0 Å². The molecule has 0 unspecified atom stereocenters. The Morgan fingerprint density at radius 2 is 2.00 bits per heavy atom. The first-order chi connectivity index (χ1) is 15.7. The summed E-state index contributed by atoms with van der Waals surface area (Å²) in [7, 11) is 1.61. The van der Waals surface area contributed by atoms with Gasteiger partial charge in [-0.15, -0.1) is 0 Å². The SMILES string of the molecule is COCCCCn1c(C(=O)N(CC(C)C)[C@@H]2CNC[C@H](C(N)=O)C2)nc2cc(F)c(F)cc21. The van der Waals surface area contributed by atoms with Crippen LogP contribution in [0.3, 0.4) is 0 Å². The fourth-order valence-corrected chi connectivity index (χ4v) is 4.32. The van der Waals surface area contributed by atoms with E-state index in [-0.39, 0.29) is 35.1 Å². The third-order valence-electron chi connectivity index (χ3n) is 5.95. The van der Waals surface area contributed by atoms with Gasteiger partial charge in [-0.05, 0) is 25.2 Å². The van der Waals surface area contributed by atoms with Crippen molar-refractivity contribution in [3.05, 3.63) is 29.6 Å². The number of nitrogens with zero attached hydrogens (tertiary/aromatic N) is 3. The zero-order valence-corrected chi connectivity index (χ0v) is 19.4. The molecule has 10 heteroatoms. The lowest BCUT2D eigenvalue weighted by atomic mass is 9.93. The molecule has 2 amide bonds. The number of nitrogens with one attached hydrogen (secondary N) is 1. The van der Waals surface area contributed by atoms with Gasteiger partial charge in [-0.25, -0.2) is 13.8 Å². The summed E-state index contributed by atoms with van der Waals surface area (Å²) in [5, 5.41) is 3.20. The number of amides is 2. The maximum absolute atomic E-state index is 14.0. The van der Waals surface area contributed by atoms with Crippen molar-refractivity contribution in [1.29, 1.82) is 0 Å². The summed E-state index contributed by atoms with van der Waals surface area (Å²) < 4.78 is 34.7. The molecule has 0 saturated carbocycles. The molecule has 33 heavy (non-hydrogen) atoms. The van der Waals surface area contributed by atoms with Crippen molar-refractivity contribution in [2.24, 2.45) is 17.6 Å². The molecule has 0 bridgehead atoms. The summed E-state index contributed by atoms with van der Waals surface area (Å²) in [4.78, 5) is 31.7. The fraction of sp³-hybridized carbons (Fsp3) is 0.609. The van der Waals surface area contributed by atoms with Gasteiger partial charge in [0.05, 0.1) is 17.0 Å². The van der Waals surface area contributed by atoms with Crippen molar-refractivity contribution in [2.45, 2.75) is 45.7 Å². The van der Waals surface area contributed by atoms with E-state index in [9.17, 15) is 18.4 Å². The van der Waals surface area contributed by atoms with Crippen LogP contribution < -0.4 is 11.1 Å². The summed E-state index contributed by atoms with van der Waals surface area (Å²) >= 11 is 0. The van der Waals surface area contributed by atoms with E-state index in [1.165, 1.54) is 0 Å². The second-order valence-electron chi connectivity index (χ2n) is 9.04. The zero-order chi connectivity index (χ0) is 24.1. The second kappa shape index (κ2) is 11.0. The van der Waals surface area contributed by atoms with Crippen LogP contribution in [0.2, 0.25) is 0 Å². The molecule has 8 nitrogen and oxygen atoms in total. The predicted molar refractivity (Wildman–Crippen MR) is 121 cm³/mol. The van der Waals surface area contributed by atoms with Crippen molar-refractivity contribution in [1.82, 2.24) is 19.8 Å². The van der Waals surface area contributed by atoms with Crippen molar-refractivity contribution < 1.29 is 23.1 Å². The molecule has 1 aromatic carbocycles. The van der Waals surface area contributed by atoms with Gasteiger partial charge >= 0.3 is 0 Å². The van der Waals surface area contributed by atoms with E-state index < -0.39 is 17.5 Å². The molecular formula is C23H33F2N5O3. The molecule has 1 saturated heterocycles. The maximum Gasteiger partial charge on any atom is 0.290 e. The second-order valence-corrected chi connectivity index (χ2v) is 9.04. The highest BCUT2D eigenvalue weighted by molar-refractivity contribution is 5.95. The molecule has 2 atom stereocenters. The first kappa shape index (κ1) is 25.0. The third kappa shape index (κ3) is 5.86. The number of hydrogen-bond donors (Lipinski definition) is 2. The van der Waals surface area contributed by atoms with Gasteiger partial charge in [0.1, 0.15) is 0 Å². The van der Waals surface area contributed by atoms with E-state index in [1.54, 1.807) is 16.6 Å². The van der Waals surface area contributed by atoms with Gasteiger partial charge in [-0.2, -0.15) is 0 Å². The molecule has 2 aromatic rings. The van der Waals surface area contributed by atoms with E-state index in [4.69, 9.17) is 10.5 Å². The standard InChI is InChI=1S/C23H33F2N5O3/c1-14(2)13-30(16-8-15(21(26)31)11-27-12-16)23(32)22-28-19-9-17(24)18(25)10-20(19)29(22)6-4-5-7-33-3/h9-10,14-16,27H,4-8,11-13H2,1-3H3,(H2,26,31)/t15-,16+/m1/s1. The minimum absolute atomic E-state index is 0.134. The minimum Gasteiger partial charge on any atom is -0.385 e. The number of nitrogens with two attached hydrogens (primary N) is 1. The Morgan fingerprint density at radius 3 is 2.67 bits per heavy atom. The highest BCUT2D eigenvalue weighted by Crippen LogP contribution is 2.24. The Kier molecular flexibility index (Phi) is 8.36. The van der Waals surface area contributed by atoms with E-state index in [0.29, 0.717) is 51.1 Å². The molecule has 1 fully saturated rings. The predicted octanol–water partition coefficient (Wildman–Crippen LogP) is 2.30. The van der Waals surface area contributed by atoms with Gasteiger partial charge in [0.2, 0.25) is 5.91 Å². The highest BCUT2D eigenvalue weighted by Gasteiger charge is 2.34. The first-order valence-electron chi connectivity index (χ1n) is 11.4. The quantitative estimate of drug-likeness (QED) is 0.524. The number of imidazole rings is 1. The molecule has 0 spiro atoms. The molecule has 0 radical (unpaired) electrons. The Balaban J connectivity index is 1.99. The zero-order valence-electron chi connectivity index (χ0n) is 19.4. The van der Waals surface area contributed by atoms with Gasteiger partial charge in [0, 0.05) is 58.1 Å². The number of carbonyl (C=O) groups is 2. The minimum atomic E-state index is -1.01. The number of fused-ring (bicyclic) bond motifs is 1. The maximum atomic E-state index is 14.0. The number of aromatic nitrogens is 2. The molecule has 182 valence electrons. The van der Waals surface area contributed by atoms with Crippen LogP contribution in [-0.4, -0.2) is 65.7 Å². The number of unbranched alkanes of at least 4 members (excludes halogenated alkanes) is 1. The molecular weight excluding hydrogens is 432 g/mol. The van der Waals surface area contributed by atoms with Crippen LogP contribution in [-0.2, 0) is 16.1 Å². The van der Waals surface area contributed by atoms with Crippen LogP contribution in [0.4, 0.5) is 8.78 Å². The molecule has 1 aliphatic heterocycles. The lowest BCUT2D eigenvalue weighted by Gasteiger charge is -2.38. The smallest absolute Gasteiger partial charge is 0.290 e. The number of methoxy groups -OCH3 is 1. The average molecular weight is 466 g/mol.